The van der Waals surface area contributed by atoms with Gasteiger partial charge in [0.05, 0.1) is 27.7 Å². The number of fused-ring (bicyclic) bond motifs is 1. The molecular weight excluding hydrogens is 405 g/mol. The Hall–Kier alpha value is -3.32. The molecule has 0 atom stereocenters. The Labute approximate surface area is 177 Å². The largest absolute Gasteiger partial charge is 0.398 e. The summed E-state index contributed by atoms with van der Waals surface area (Å²) in [6, 6.07) is 7.79. The highest BCUT2D eigenvalue weighted by atomic mass is 35.5. The Kier molecular flexibility index (Phi) is 4.99. The number of anilines is 1. The number of rotatable bonds is 3. The number of hydrogen-bond acceptors (Lipinski definition) is 5. The van der Waals surface area contributed by atoms with Crippen LogP contribution in [0.5, 0.6) is 0 Å². The fourth-order valence-corrected chi connectivity index (χ4v) is 3.75. The van der Waals surface area contributed by atoms with Crippen molar-refractivity contribution >= 4 is 28.3 Å². The number of nitrogens with zero attached hydrogens (tertiary/aromatic N) is 4. The third-order valence-corrected chi connectivity index (χ3v) is 5.20. The van der Waals surface area contributed by atoms with Crippen LogP contribution < -0.4 is 11.4 Å². The molecule has 0 aliphatic rings. The number of pyridine rings is 2. The number of halogens is 2. The third kappa shape index (κ3) is 3.21. The van der Waals surface area contributed by atoms with E-state index < -0.39 is 11.5 Å². The molecule has 0 radical (unpaired) electrons. The lowest BCUT2D eigenvalue weighted by Crippen LogP contribution is -2.24. The number of benzene rings is 1. The first-order chi connectivity index (χ1) is 14.3. The minimum atomic E-state index is -0.549. The molecule has 3 heterocycles. The number of hydrogen-bond donors (Lipinski definition) is 1. The Morgan fingerprint density at radius 2 is 1.97 bits per heavy atom. The van der Waals surface area contributed by atoms with Crippen LogP contribution in [0.25, 0.3) is 28.0 Å². The molecule has 0 saturated heterocycles. The Balaban J connectivity index is 2.14. The predicted octanol–water partition coefficient (Wildman–Crippen LogP) is 4.65. The molecule has 6 nitrogen and oxygen atoms in total. The molecule has 0 saturated carbocycles. The maximum absolute atomic E-state index is 14.6. The van der Waals surface area contributed by atoms with Crippen LogP contribution in [-0.2, 0) is 0 Å². The molecular formula is C22H19ClFN5O. The van der Waals surface area contributed by atoms with Crippen molar-refractivity contribution in [2.75, 3.05) is 5.73 Å². The maximum atomic E-state index is 14.6. The molecule has 3 aromatic heterocycles. The molecule has 0 unspecified atom stereocenters. The summed E-state index contributed by atoms with van der Waals surface area (Å²) >= 11 is 6.42. The molecule has 152 valence electrons. The fraction of sp³-hybridized carbons (Fsp3) is 0.182. The van der Waals surface area contributed by atoms with E-state index in [0.29, 0.717) is 16.7 Å². The van der Waals surface area contributed by atoms with Crippen molar-refractivity contribution in [2.24, 2.45) is 0 Å². The lowest BCUT2D eigenvalue weighted by Gasteiger charge is -2.18. The first kappa shape index (κ1) is 20.0. The van der Waals surface area contributed by atoms with Gasteiger partial charge in [0.15, 0.2) is 5.65 Å². The van der Waals surface area contributed by atoms with Gasteiger partial charge in [-0.15, -0.1) is 0 Å². The van der Waals surface area contributed by atoms with Gasteiger partial charge in [-0.3, -0.25) is 4.98 Å². The normalized spacial score (nSPS) is 11.4. The van der Waals surface area contributed by atoms with Gasteiger partial charge in [-0.25, -0.2) is 23.7 Å². The predicted molar refractivity (Wildman–Crippen MR) is 117 cm³/mol. The highest BCUT2D eigenvalue weighted by molar-refractivity contribution is 6.33. The molecule has 0 aliphatic heterocycles. The summed E-state index contributed by atoms with van der Waals surface area (Å²) in [5, 5.41) is 0.745. The van der Waals surface area contributed by atoms with E-state index in [0.717, 1.165) is 11.3 Å². The summed E-state index contributed by atoms with van der Waals surface area (Å²) in [6.45, 7) is 5.87. The van der Waals surface area contributed by atoms with Crippen molar-refractivity contribution in [1.29, 1.82) is 0 Å². The van der Waals surface area contributed by atoms with Gasteiger partial charge in [-0.1, -0.05) is 31.5 Å². The highest BCUT2D eigenvalue weighted by Crippen LogP contribution is 2.35. The molecule has 30 heavy (non-hydrogen) atoms. The van der Waals surface area contributed by atoms with Crippen molar-refractivity contribution in [3.63, 3.8) is 0 Å². The van der Waals surface area contributed by atoms with Gasteiger partial charge in [-0.2, -0.15) is 0 Å². The minimum Gasteiger partial charge on any atom is -0.398 e. The average molecular weight is 424 g/mol. The second kappa shape index (κ2) is 7.50. The standard InChI is InChI=1S/C22H19ClFN5O/c1-11(2)18-20(12(3)7-8-26-18)29-21-13(10-27-22(29)30)9-14(23)19(28-21)17-15(24)5-4-6-16(17)25/h4-11H,25H2,1-3H3. The molecule has 4 rings (SSSR count). The lowest BCUT2D eigenvalue weighted by molar-refractivity contribution is 0.631. The van der Waals surface area contributed by atoms with Crippen LogP contribution in [0.1, 0.15) is 31.0 Å². The van der Waals surface area contributed by atoms with E-state index in [-0.39, 0.29) is 27.9 Å². The van der Waals surface area contributed by atoms with E-state index in [2.05, 4.69) is 15.0 Å². The monoisotopic (exact) mass is 423 g/mol. The molecule has 0 spiro atoms. The number of nitrogen functional groups attached to an aromatic ring is 1. The first-order valence-electron chi connectivity index (χ1n) is 9.38. The zero-order chi connectivity index (χ0) is 21.6. The number of nitrogens with two attached hydrogens (primary N) is 1. The van der Waals surface area contributed by atoms with Crippen molar-refractivity contribution in [3.8, 4) is 16.9 Å². The van der Waals surface area contributed by atoms with Gasteiger partial charge >= 0.3 is 5.69 Å². The van der Waals surface area contributed by atoms with E-state index in [1.165, 1.54) is 22.9 Å². The Bertz CT molecular complexity index is 1330. The van der Waals surface area contributed by atoms with Crippen LogP contribution >= 0.6 is 11.6 Å². The summed E-state index contributed by atoms with van der Waals surface area (Å²) in [6.07, 6.45) is 3.11. The van der Waals surface area contributed by atoms with Crippen molar-refractivity contribution in [1.82, 2.24) is 19.5 Å². The van der Waals surface area contributed by atoms with E-state index in [1.54, 1.807) is 18.3 Å². The van der Waals surface area contributed by atoms with Gasteiger partial charge in [0.2, 0.25) is 0 Å². The average Bonchev–Trinajstić information content (AvgIpc) is 2.69. The number of aryl methyl sites for hydroxylation is 1. The number of aromatic nitrogens is 4. The van der Waals surface area contributed by atoms with Gasteiger partial charge in [0, 0.05) is 23.5 Å². The summed E-state index contributed by atoms with van der Waals surface area (Å²) in [7, 11) is 0. The van der Waals surface area contributed by atoms with Crippen LogP contribution in [0.2, 0.25) is 5.02 Å². The first-order valence-corrected chi connectivity index (χ1v) is 9.76. The maximum Gasteiger partial charge on any atom is 0.353 e. The molecule has 0 aliphatic carbocycles. The van der Waals surface area contributed by atoms with Crippen LogP contribution in [0, 0.1) is 12.7 Å². The molecule has 4 aromatic rings. The highest BCUT2D eigenvalue weighted by Gasteiger charge is 2.21. The summed E-state index contributed by atoms with van der Waals surface area (Å²) < 4.78 is 16.0. The van der Waals surface area contributed by atoms with Crippen molar-refractivity contribution in [3.05, 3.63) is 75.3 Å². The topological polar surface area (TPSA) is 86.7 Å². The second-order valence-electron chi connectivity index (χ2n) is 7.33. The molecule has 1 aromatic carbocycles. The van der Waals surface area contributed by atoms with E-state index in [1.807, 2.05) is 26.8 Å². The van der Waals surface area contributed by atoms with Crippen LogP contribution in [0.15, 0.2) is 47.5 Å². The molecule has 0 amide bonds. The third-order valence-electron chi connectivity index (χ3n) is 4.91. The lowest BCUT2D eigenvalue weighted by atomic mass is 10.0. The van der Waals surface area contributed by atoms with Crippen LogP contribution in [0.3, 0.4) is 0 Å². The van der Waals surface area contributed by atoms with E-state index in [9.17, 15) is 9.18 Å². The molecule has 8 heteroatoms. The van der Waals surface area contributed by atoms with Crippen LogP contribution in [-0.4, -0.2) is 19.5 Å². The second-order valence-corrected chi connectivity index (χ2v) is 7.74. The SMILES string of the molecule is Cc1ccnc(C(C)C)c1-n1c(=O)ncc2cc(Cl)c(-c3c(N)cccc3F)nc21. The summed E-state index contributed by atoms with van der Waals surface area (Å²) in [5.74, 6) is -0.497. The van der Waals surface area contributed by atoms with Gasteiger partial charge < -0.3 is 5.73 Å². The van der Waals surface area contributed by atoms with Crippen LogP contribution in [0.4, 0.5) is 10.1 Å². The zero-order valence-corrected chi connectivity index (χ0v) is 17.4. The summed E-state index contributed by atoms with van der Waals surface area (Å²) in [4.78, 5) is 25.9. The van der Waals surface area contributed by atoms with Gasteiger partial charge in [-0.05, 0) is 42.7 Å². The summed E-state index contributed by atoms with van der Waals surface area (Å²) in [5.41, 5.74) is 8.43. The smallest absolute Gasteiger partial charge is 0.353 e. The Morgan fingerprint density at radius 1 is 1.20 bits per heavy atom. The quantitative estimate of drug-likeness (QED) is 0.485. The Morgan fingerprint density at radius 3 is 2.67 bits per heavy atom. The molecule has 0 bridgehead atoms. The minimum absolute atomic E-state index is 0.0519. The van der Waals surface area contributed by atoms with Gasteiger partial charge in [0.1, 0.15) is 5.82 Å². The fourth-order valence-electron chi connectivity index (χ4n) is 3.49. The van der Waals surface area contributed by atoms with Crippen molar-refractivity contribution < 1.29 is 4.39 Å². The zero-order valence-electron chi connectivity index (χ0n) is 16.6. The van der Waals surface area contributed by atoms with E-state index >= 15 is 0 Å². The van der Waals surface area contributed by atoms with E-state index in [4.69, 9.17) is 17.3 Å². The van der Waals surface area contributed by atoms with Gasteiger partial charge in [0.25, 0.3) is 0 Å². The molecule has 2 N–H and O–H groups in total. The molecule has 0 fully saturated rings. The van der Waals surface area contributed by atoms with Crippen molar-refractivity contribution in [2.45, 2.75) is 26.7 Å².